The number of aromatic nitrogens is 1. The number of carbonyl (C=O) groups excluding carboxylic acids is 2. The van der Waals surface area contributed by atoms with Crippen molar-refractivity contribution >= 4 is 51.3 Å². The number of nitrogens with zero attached hydrogens (tertiary/aromatic N) is 2. The number of carbonyl (C=O) groups is 2. The quantitative estimate of drug-likeness (QED) is 0.353. The van der Waals surface area contributed by atoms with Crippen molar-refractivity contribution in [3.63, 3.8) is 0 Å². The summed E-state index contributed by atoms with van der Waals surface area (Å²) in [5, 5.41) is 15.4. The van der Waals surface area contributed by atoms with Crippen LogP contribution in [0.5, 0.6) is 5.75 Å². The maximum Gasteiger partial charge on any atom is 0.344 e. The third kappa shape index (κ3) is 5.62. The molecular weight excluding hydrogens is 502 g/mol. The number of aliphatic imine (C=N–C) groups is 1. The molecular formula is C29H29N3O5S. The van der Waals surface area contributed by atoms with E-state index in [1.165, 1.54) is 11.8 Å². The van der Waals surface area contributed by atoms with Crippen LogP contribution in [0, 0.1) is 0 Å². The molecule has 0 radical (unpaired) electrons. The van der Waals surface area contributed by atoms with Gasteiger partial charge in [-0.05, 0) is 63.1 Å². The van der Waals surface area contributed by atoms with Crippen LogP contribution in [0.2, 0.25) is 0 Å². The second-order valence-corrected chi connectivity index (χ2v) is 10.0. The first-order chi connectivity index (χ1) is 18.5. The minimum Gasteiger partial charge on any atom is -0.506 e. The summed E-state index contributed by atoms with van der Waals surface area (Å²) in [7, 11) is 0. The van der Waals surface area contributed by atoms with Gasteiger partial charge in [0.1, 0.15) is 28.7 Å². The summed E-state index contributed by atoms with van der Waals surface area (Å²) in [5.74, 6) is -0.117. The molecule has 1 amide bonds. The second kappa shape index (κ2) is 11.2. The zero-order valence-electron chi connectivity index (χ0n) is 21.3. The predicted molar refractivity (Wildman–Crippen MR) is 150 cm³/mol. The molecule has 5 rings (SSSR count). The standard InChI is InChI=1S/C29H29N3O5S/c1-3-36-21-13-11-20(12-14-21)31-28-26(29(35)37-4-2)27(34)24(38-28)15-18-16-32(17-25(33)30-19-9-10-19)23-8-6-5-7-22(18)23/h5-8,11-16,19,34H,3-4,9-10,17H2,1-2H3,(H,30,33)/b24-15-,31-28?. The van der Waals surface area contributed by atoms with Gasteiger partial charge in [0.25, 0.3) is 0 Å². The number of amides is 1. The van der Waals surface area contributed by atoms with E-state index in [0.717, 1.165) is 35.1 Å². The zero-order valence-corrected chi connectivity index (χ0v) is 22.1. The lowest BCUT2D eigenvalue weighted by Gasteiger charge is -2.05. The van der Waals surface area contributed by atoms with Gasteiger partial charge in [-0.2, -0.15) is 0 Å². The molecule has 2 aliphatic rings. The van der Waals surface area contributed by atoms with Gasteiger partial charge in [-0.25, -0.2) is 9.79 Å². The van der Waals surface area contributed by atoms with Crippen molar-refractivity contribution < 1.29 is 24.2 Å². The van der Waals surface area contributed by atoms with Crippen molar-refractivity contribution in [1.29, 1.82) is 0 Å². The molecule has 2 aromatic carbocycles. The molecule has 0 bridgehead atoms. The largest absolute Gasteiger partial charge is 0.506 e. The van der Waals surface area contributed by atoms with Gasteiger partial charge in [-0.15, -0.1) is 0 Å². The van der Waals surface area contributed by atoms with E-state index in [2.05, 4.69) is 10.3 Å². The summed E-state index contributed by atoms with van der Waals surface area (Å²) in [6.07, 6.45) is 5.77. The molecule has 3 aromatic rings. The van der Waals surface area contributed by atoms with Crippen LogP contribution >= 0.6 is 11.8 Å². The van der Waals surface area contributed by atoms with Crippen LogP contribution in [0.3, 0.4) is 0 Å². The van der Waals surface area contributed by atoms with Gasteiger partial charge in [-0.1, -0.05) is 30.0 Å². The average molecular weight is 532 g/mol. The zero-order chi connectivity index (χ0) is 26.6. The smallest absolute Gasteiger partial charge is 0.344 e. The van der Waals surface area contributed by atoms with Crippen molar-refractivity contribution in [2.45, 2.75) is 39.3 Å². The van der Waals surface area contributed by atoms with E-state index in [1.807, 2.05) is 48.0 Å². The first-order valence-electron chi connectivity index (χ1n) is 12.7. The Bertz CT molecular complexity index is 1470. The Labute approximate surface area is 225 Å². The number of ether oxygens (including phenoxy) is 2. The van der Waals surface area contributed by atoms with Crippen LogP contribution in [-0.4, -0.2) is 45.8 Å². The van der Waals surface area contributed by atoms with E-state index in [9.17, 15) is 14.7 Å². The molecule has 8 nitrogen and oxygen atoms in total. The summed E-state index contributed by atoms with van der Waals surface area (Å²) < 4.78 is 12.6. The normalized spacial score (nSPS) is 17.4. The summed E-state index contributed by atoms with van der Waals surface area (Å²) in [6.45, 7) is 4.56. The monoisotopic (exact) mass is 531 g/mol. The number of fused-ring (bicyclic) bond motifs is 1. The lowest BCUT2D eigenvalue weighted by molar-refractivity contribution is -0.138. The van der Waals surface area contributed by atoms with Crippen LogP contribution in [0.4, 0.5) is 5.69 Å². The van der Waals surface area contributed by atoms with E-state index < -0.39 is 5.97 Å². The number of aliphatic hydroxyl groups excluding tert-OH is 1. The van der Waals surface area contributed by atoms with Crippen molar-refractivity contribution in [3.05, 3.63) is 76.5 Å². The maximum absolute atomic E-state index is 12.8. The SMILES string of the molecule is CCOC(=O)C1=C(O)/C(=C/c2cn(CC(=O)NC3CC3)c3ccccc23)SC1=Nc1ccc(OCC)cc1. The van der Waals surface area contributed by atoms with Crippen LogP contribution in [0.25, 0.3) is 17.0 Å². The molecule has 1 aromatic heterocycles. The number of thioether (sulfide) groups is 1. The summed E-state index contributed by atoms with van der Waals surface area (Å²) >= 11 is 1.20. The van der Waals surface area contributed by atoms with E-state index in [4.69, 9.17) is 9.47 Å². The molecule has 0 unspecified atom stereocenters. The van der Waals surface area contributed by atoms with Crippen LogP contribution in [0.15, 0.2) is 76.0 Å². The van der Waals surface area contributed by atoms with Gasteiger partial charge in [0, 0.05) is 28.7 Å². The topological polar surface area (TPSA) is 102 Å². The van der Waals surface area contributed by atoms with Gasteiger partial charge in [-0.3, -0.25) is 4.79 Å². The Hall–Kier alpha value is -3.98. The number of rotatable bonds is 9. The minimum absolute atomic E-state index is 0.0280. The number of para-hydroxylation sites is 1. The van der Waals surface area contributed by atoms with Gasteiger partial charge in [0.15, 0.2) is 0 Å². The number of benzene rings is 2. The summed E-state index contributed by atoms with van der Waals surface area (Å²) in [6, 6.07) is 15.3. The van der Waals surface area contributed by atoms with E-state index in [-0.39, 0.29) is 36.4 Å². The number of hydrogen-bond acceptors (Lipinski definition) is 7. The number of hydrogen-bond donors (Lipinski definition) is 2. The number of aliphatic hydroxyl groups is 1. The van der Waals surface area contributed by atoms with Crippen molar-refractivity contribution in [1.82, 2.24) is 9.88 Å². The Morgan fingerprint density at radius 2 is 1.89 bits per heavy atom. The highest BCUT2D eigenvalue weighted by atomic mass is 32.2. The Morgan fingerprint density at radius 1 is 1.13 bits per heavy atom. The maximum atomic E-state index is 12.8. The fourth-order valence-electron chi connectivity index (χ4n) is 4.21. The third-order valence-corrected chi connectivity index (χ3v) is 7.13. The average Bonchev–Trinajstić information content (AvgIpc) is 3.58. The van der Waals surface area contributed by atoms with E-state index >= 15 is 0 Å². The Balaban J connectivity index is 1.50. The first-order valence-corrected chi connectivity index (χ1v) is 13.5. The number of esters is 1. The number of nitrogens with one attached hydrogen (secondary N) is 1. The molecule has 1 saturated carbocycles. The van der Waals surface area contributed by atoms with E-state index in [0.29, 0.717) is 22.2 Å². The Kier molecular flexibility index (Phi) is 7.55. The molecule has 1 fully saturated rings. The van der Waals surface area contributed by atoms with Crippen LogP contribution < -0.4 is 10.1 Å². The summed E-state index contributed by atoms with van der Waals surface area (Å²) in [5.41, 5.74) is 2.37. The lowest BCUT2D eigenvalue weighted by Crippen LogP contribution is -2.29. The van der Waals surface area contributed by atoms with Crippen molar-refractivity contribution in [2.75, 3.05) is 13.2 Å². The van der Waals surface area contributed by atoms with Gasteiger partial charge in [0.05, 0.1) is 23.8 Å². The third-order valence-electron chi connectivity index (χ3n) is 6.11. The van der Waals surface area contributed by atoms with Gasteiger partial charge >= 0.3 is 5.97 Å². The van der Waals surface area contributed by atoms with Crippen LogP contribution in [-0.2, 0) is 20.9 Å². The first kappa shape index (κ1) is 25.7. The van der Waals surface area contributed by atoms with Crippen molar-refractivity contribution in [2.24, 2.45) is 4.99 Å². The van der Waals surface area contributed by atoms with Gasteiger partial charge < -0.3 is 24.5 Å². The highest BCUT2D eigenvalue weighted by Crippen LogP contribution is 2.41. The lowest BCUT2D eigenvalue weighted by atomic mass is 10.1. The van der Waals surface area contributed by atoms with Crippen LogP contribution in [0.1, 0.15) is 32.3 Å². The molecule has 38 heavy (non-hydrogen) atoms. The molecule has 2 heterocycles. The Morgan fingerprint density at radius 3 is 2.61 bits per heavy atom. The highest BCUT2D eigenvalue weighted by molar-refractivity contribution is 8.18. The molecule has 9 heteroatoms. The molecule has 0 spiro atoms. The molecule has 1 aliphatic heterocycles. The minimum atomic E-state index is -0.634. The second-order valence-electron chi connectivity index (χ2n) is 8.97. The molecule has 196 valence electrons. The molecule has 2 N–H and O–H groups in total. The predicted octanol–water partition coefficient (Wildman–Crippen LogP) is 5.51. The highest BCUT2D eigenvalue weighted by Gasteiger charge is 2.33. The summed E-state index contributed by atoms with van der Waals surface area (Å²) in [4.78, 5) is 30.4. The van der Waals surface area contributed by atoms with Crippen molar-refractivity contribution in [3.8, 4) is 5.75 Å². The molecule has 0 atom stereocenters. The fourth-order valence-corrected chi connectivity index (χ4v) is 5.24. The van der Waals surface area contributed by atoms with Gasteiger partial charge in [0.2, 0.25) is 5.91 Å². The molecule has 1 aliphatic carbocycles. The molecule has 0 saturated heterocycles. The fraction of sp³-hybridized carbons (Fsp3) is 0.276. The van der Waals surface area contributed by atoms with E-state index in [1.54, 1.807) is 31.2 Å².